The Morgan fingerprint density at radius 3 is 2.38 bits per heavy atom. The van der Waals surface area contributed by atoms with Crippen LogP contribution in [0.25, 0.3) is 0 Å². The quantitative estimate of drug-likeness (QED) is 0.621. The summed E-state index contributed by atoms with van der Waals surface area (Å²) in [6.07, 6.45) is 2.78. The van der Waals surface area contributed by atoms with Crippen LogP contribution in [0.1, 0.15) is 50.7 Å². The molecule has 1 atom stereocenters. The molecule has 0 unspecified atom stereocenters. The number of ether oxygens (including phenoxy) is 1. The van der Waals surface area contributed by atoms with Gasteiger partial charge in [0, 0.05) is 0 Å². The van der Waals surface area contributed by atoms with E-state index in [0.29, 0.717) is 0 Å². The van der Waals surface area contributed by atoms with Crippen molar-refractivity contribution in [2.24, 2.45) is 0 Å². The third-order valence-corrected chi connectivity index (χ3v) is 5.23. The van der Waals surface area contributed by atoms with E-state index in [1.54, 1.807) is 12.1 Å². The maximum atomic E-state index is 12.3. The van der Waals surface area contributed by atoms with Crippen LogP contribution in [0.3, 0.4) is 0 Å². The molecular weight excluding hydrogens is 372 g/mol. The van der Waals surface area contributed by atoms with Gasteiger partial charge in [-0.1, -0.05) is 36.4 Å². The van der Waals surface area contributed by atoms with Gasteiger partial charge in [-0.25, -0.2) is 0 Å². The highest BCUT2D eigenvalue weighted by Crippen LogP contribution is 2.29. The summed E-state index contributed by atoms with van der Waals surface area (Å²) in [4.78, 5) is 49.7. The van der Waals surface area contributed by atoms with Gasteiger partial charge in [0.05, 0.1) is 17.2 Å². The minimum Gasteiger partial charge on any atom is -0.454 e. The van der Waals surface area contributed by atoms with E-state index in [1.807, 2.05) is 18.2 Å². The maximum absolute atomic E-state index is 12.3. The lowest BCUT2D eigenvalue weighted by molar-refractivity contribution is -0.148. The second-order valence-corrected chi connectivity index (χ2v) is 7.11. The van der Waals surface area contributed by atoms with Gasteiger partial charge in [0.2, 0.25) is 0 Å². The summed E-state index contributed by atoms with van der Waals surface area (Å²) in [6, 6.07) is 14.2. The summed E-state index contributed by atoms with van der Waals surface area (Å²) in [5, 5.41) is 2.89. The Labute approximate surface area is 167 Å². The van der Waals surface area contributed by atoms with E-state index in [9.17, 15) is 19.2 Å². The van der Waals surface area contributed by atoms with Crippen LogP contribution >= 0.6 is 0 Å². The van der Waals surface area contributed by atoms with E-state index in [2.05, 4.69) is 11.4 Å². The second kappa shape index (κ2) is 7.87. The van der Waals surface area contributed by atoms with E-state index in [-0.39, 0.29) is 17.2 Å². The molecule has 0 radical (unpaired) electrons. The molecule has 2 aromatic rings. The van der Waals surface area contributed by atoms with E-state index in [1.165, 1.54) is 17.7 Å². The number of esters is 1. The van der Waals surface area contributed by atoms with Gasteiger partial charge in [0.25, 0.3) is 17.7 Å². The van der Waals surface area contributed by atoms with Gasteiger partial charge in [-0.3, -0.25) is 24.1 Å². The van der Waals surface area contributed by atoms with Crippen molar-refractivity contribution >= 4 is 23.7 Å². The normalized spacial score (nSPS) is 17.5. The van der Waals surface area contributed by atoms with Crippen molar-refractivity contribution < 1.29 is 23.9 Å². The van der Waals surface area contributed by atoms with Gasteiger partial charge in [-0.15, -0.1) is 0 Å². The number of imide groups is 1. The van der Waals surface area contributed by atoms with Crippen LogP contribution in [-0.4, -0.2) is 41.7 Å². The van der Waals surface area contributed by atoms with Crippen molar-refractivity contribution in [3.8, 4) is 0 Å². The summed E-state index contributed by atoms with van der Waals surface area (Å²) < 4.78 is 4.99. The third-order valence-electron chi connectivity index (χ3n) is 5.23. The molecule has 0 fully saturated rings. The minimum absolute atomic E-state index is 0.109. The van der Waals surface area contributed by atoms with Crippen molar-refractivity contribution in [1.29, 1.82) is 0 Å². The largest absolute Gasteiger partial charge is 0.454 e. The Balaban J connectivity index is 1.30. The fourth-order valence-corrected chi connectivity index (χ4v) is 3.84. The first kappa shape index (κ1) is 18.9. The molecule has 29 heavy (non-hydrogen) atoms. The van der Waals surface area contributed by atoms with Crippen molar-refractivity contribution in [2.45, 2.75) is 25.3 Å². The number of hydrogen-bond donors (Lipinski definition) is 1. The highest BCUT2D eigenvalue weighted by Gasteiger charge is 2.36. The Morgan fingerprint density at radius 2 is 1.66 bits per heavy atom. The van der Waals surface area contributed by atoms with Gasteiger partial charge >= 0.3 is 5.97 Å². The average Bonchev–Trinajstić information content (AvgIpc) is 2.98. The molecule has 1 heterocycles. The highest BCUT2D eigenvalue weighted by molar-refractivity contribution is 6.22. The Morgan fingerprint density at radius 1 is 1.00 bits per heavy atom. The first-order valence-corrected chi connectivity index (χ1v) is 9.52. The smallest absolute Gasteiger partial charge is 0.326 e. The van der Waals surface area contributed by atoms with Gasteiger partial charge in [-0.2, -0.15) is 0 Å². The molecule has 2 aromatic carbocycles. The summed E-state index contributed by atoms with van der Waals surface area (Å²) in [7, 11) is 0. The van der Waals surface area contributed by atoms with Gasteiger partial charge in [0.15, 0.2) is 6.61 Å². The van der Waals surface area contributed by atoms with Crippen LogP contribution in [-0.2, 0) is 20.7 Å². The first-order valence-electron chi connectivity index (χ1n) is 9.52. The minimum atomic E-state index is -0.807. The Hall–Kier alpha value is -3.48. The van der Waals surface area contributed by atoms with Crippen LogP contribution in [0.15, 0.2) is 48.5 Å². The molecule has 0 spiro atoms. The van der Waals surface area contributed by atoms with E-state index in [4.69, 9.17) is 4.74 Å². The lowest BCUT2D eigenvalue weighted by atomic mass is 9.88. The SMILES string of the molecule is O=C(COC(=O)CN1C(=O)c2ccccc2C1=O)N[C@@H]1CCCc2ccccc21. The van der Waals surface area contributed by atoms with Crippen molar-refractivity contribution in [3.05, 3.63) is 70.8 Å². The van der Waals surface area contributed by atoms with Gasteiger partial charge in [0.1, 0.15) is 6.54 Å². The van der Waals surface area contributed by atoms with Gasteiger partial charge < -0.3 is 10.1 Å². The maximum Gasteiger partial charge on any atom is 0.326 e. The van der Waals surface area contributed by atoms with E-state index < -0.39 is 36.8 Å². The molecule has 1 N–H and O–H groups in total. The summed E-state index contributed by atoms with van der Waals surface area (Å²) in [5.41, 5.74) is 2.83. The molecular formula is C22H20N2O5. The fraction of sp³-hybridized carbons (Fsp3) is 0.273. The van der Waals surface area contributed by atoms with E-state index >= 15 is 0 Å². The third kappa shape index (κ3) is 3.76. The molecule has 7 heteroatoms. The number of hydrogen-bond acceptors (Lipinski definition) is 5. The molecule has 0 aromatic heterocycles. The zero-order chi connectivity index (χ0) is 20.4. The molecule has 4 rings (SSSR count). The number of amides is 3. The molecule has 1 aliphatic carbocycles. The lowest BCUT2D eigenvalue weighted by Gasteiger charge is -2.26. The summed E-state index contributed by atoms with van der Waals surface area (Å²) >= 11 is 0. The number of nitrogens with zero attached hydrogens (tertiary/aromatic N) is 1. The average molecular weight is 392 g/mol. The topological polar surface area (TPSA) is 92.8 Å². The number of carbonyl (C=O) groups is 4. The molecule has 1 aliphatic heterocycles. The second-order valence-electron chi connectivity index (χ2n) is 7.11. The lowest BCUT2D eigenvalue weighted by Crippen LogP contribution is -2.38. The monoisotopic (exact) mass is 392 g/mol. The Bertz CT molecular complexity index is 965. The van der Waals surface area contributed by atoms with E-state index in [0.717, 1.165) is 29.7 Å². The van der Waals surface area contributed by atoms with Crippen LogP contribution in [0.4, 0.5) is 0 Å². The number of carbonyl (C=O) groups excluding carboxylic acids is 4. The number of aryl methyl sites for hydroxylation is 1. The fourth-order valence-electron chi connectivity index (χ4n) is 3.84. The Kier molecular flexibility index (Phi) is 5.12. The summed E-state index contributed by atoms with van der Waals surface area (Å²) in [6.45, 7) is -0.980. The van der Waals surface area contributed by atoms with Crippen molar-refractivity contribution in [2.75, 3.05) is 13.2 Å². The number of fused-ring (bicyclic) bond motifs is 2. The zero-order valence-corrected chi connectivity index (χ0v) is 15.7. The molecule has 0 bridgehead atoms. The number of benzene rings is 2. The van der Waals surface area contributed by atoms with Crippen LogP contribution in [0.2, 0.25) is 0 Å². The van der Waals surface area contributed by atoms with Crippen LogP contribution in [0.5, 0.6) is 0 Å². The van der Waals surface area contributed by atoms with Crippen molar-refractivity contribution in [1.82, 2.24) is 10.2 Å². The van der Waals surface area contributed by atoms with Crippen LogP contribution in [0, 0.1) is 0 Å². The summed E-state index contributed by atoms with van der Waals surface area (Å²) in [5.74, 6) is -2.29. The molecule has 3 amide bonds. The first-order chi connectivity index (χ1) is 14.0. The highest BCUT2D eigenvalue weighted by atomic mass is 16.5. The molecule has 0 saturated carbocycles. The van der Waals surface area contributed by atoms with Crippen molar-refractivity contribution in [3.63, 3.8) is 0 Å². The predicted octanol–water partition coefficient (Wildman–Crippen LogP) is 2.02. The zero-order valence-electron chi connectivity index (χ0n) is 15.7. The number of nitrogens with one attached hydrogen (secondary N) is 1. The molecule has 7 nitrogen and oxygen atoms in total. The predicted molar refractivity (Wildman–Crippen MR) is 103 cm³/mol. The molecule has 2 aliphatic rings. The van der Waals surface area contributed by atoms with Gasteiger partial charge in [-0.05, 0) is 42.5 Å². The number of rotatable bonds is 5. The standard InChI is InChI=1S/C22H20N2O5/c25-19(23-18-11-5-7-14-6-1-2-8-15(14)18)13-29-20(26)12-24-21(27)16-9-3-4-10-17(16)22(24)28/h1-4,6,8-10,18H,5,7,11-13H2,(H,23,25)/t18-/m1/s1. The molecule has 0 saturated heterocycles. The van der Waals surface area contributed by atoms with Crippen LogP contribution < -0.4 is 5.32 Å². The molecule has 148 valence electrons.